The van der Waals surface area contributed by atoms with Gasteiger partial charge < -0.3 is 20.1 Å². The highest BCUT2D eigenvalue weighted by molar-refractivity contribution is 7.91. The quantitative estimate of drug-likeness (QED) is 0.643. The number of carbonyl (C=O) groups excluding carboxylic acids is 2. The molecule has 0 aliphatic heterocycles. The molecule has 2 aromatic carbocycles. The topological polar surface area (TPSA) is 111 Å². The van der Waals surface area contributed by atoms with Crippen LogP contribution < -0.4 is 15.4 Å². The number of methoxy groups -OCH3 is 1. The second-order valence-corrected chi connectivity index (χ2v) is 8.00. The van der Waals surface area contributed by atoms with Crippen molar-refractivity contribution in [2.75, 3.05) is 26.1 Å². The van der Waals surface area contributed by atoms with E-state index in [1.807, 2.05) is 0 Å². The van der Waals surface area contributed by atoms with Crippen molar-refractivity contribution in [3.8, 4) is 5.75 Å². The number of carbonyl (C=O) groups is 2. The fraction of sp³-hybridized carbons (Fsp3) is 0.300. The predicted octanol–water partition coefficient (Wildman–Crippen LogP) is 2.14. The van der Waals surface area contributed by atoms with Crippen LogP contribution in [0.25, 0.3) is 0 Å². The van der Waals surface area contributed by atoms with Crippen LogP contribution in [0.3, 0.4) is 0 Å². The minimum atomic E-state index is -3.66. The van der Waals surface area contributed by atoms with Crippen LogP contribution in [-0.2, 0) is 21.0 Å². The van der Waals surface area contributed by atoms with E-state index in [9.17, 15) is 18.0 Å². The normalized spacial score (nSPS) is 10.8. The molecule has 0 aliphatic rings. The summed E-state index contributed by atoms with van der Waals surface area (Å²) in [6.45, 7) is 2.17. The van der Waals surface area contributed by atoms with Gasteiger partial charge in [-0.15, -0.1) is 0 Å². The Morgan fingerprint density at radius 1 is 1.00 bits per heavy atom. The van der Waals surface area contributed by atoms with Gasteiger partial charge in [0.05, 0.1) is 24.2 Å². The first-order chi connectivity index (χ1) is 13.9. The fourth-order valence-electron chi connectivity index (χ4n) is 2.53. The highest BCUT2D eigenvalue weighted by Gasteiger charge is 2.16. The maximum Gasteiger partial charge on any atom is 0.407 e. The first-order valence-corrected chi connectivity index (χ1v) is 10.7. The van der Waals surface area contributed by atoms with Crippen molar-refractivity contribution < 1.29 is 27.5 Å². The Balaban J connectivity index is 1.89. The number of hydrogen-bond acceptors (Lipinski definition) is 6. The van der Waals surface area contributed by atoms with Crippen LogP contribution >= 0.6 is 0 Å². The van der Waals surface area contributed by atoms with Crippen molar-refractivity contribution in [1.29, 1.82) is 0 Å². The van der Waals surface area contributed by atoms with Crippen molar-refractivity contribution in [1.82, 2.24) is 10.6 Å². The smallest absolute Gasteiger partial charge is 0.407 e. The summed E-state index contributed by atoms with van der Waals surface area (Å²) in [6, 6.07) is 13.2. The zero-order chi connectivity index (χ0) is 21.3. The summed E-state index contributed by atoms with van der Waals surface area (Å²) < 4.78 is 34.3. The molecule has 0 heterocycles. The predicted molar refractivity (Wildman–Crippen MR) is 108 cm³/mol. The van der Waals surface area contributed by atoms with Gasteiger partial charge >= 0.3 is 6.09 Å². The lowest BCUT2D eigenvalue weighted by Gasteiger charge is -2.10. The van der Waals surface area contributed by atoms with Gasteiger partial charge in [0, 0.05) is 6.54 Å². The third-order valence-corrected chi connectivity index (χ3v) is 5.53. The Labute approximate surface area is 170 Å². The fourth-order valence-corrected chi connectivity index (χ4v) is 3.56. The van der Waals surface area contributed by atoms with Gasteiger partial charge in [-0.25, -0.2) is 13.2 Å². The molecule has 0 aromatic heterocycles. The number of amides is 2. The first kappa shape index (κ1) is 22.2. The number of benzene rings is 2. The molecule has 0 saturated carbocycles. The lowest BCUT2D eigenvalue weighted by Crippen LogP contribution is -2.30. The third-order valence-electron chi connectivity index (χ3n) is 4.02. The van der Waals surface area contributed by atoms with E-state index < -0.39 is 21.8 Å². The molecule has 0 unspecified atom stereocenters. The van der Waals surface area contributed by atoms with E-state index >= 15 is 0 Å². The second-order valence-electron chi connectivity index (χ2n) is 6.01. The Bertz CT molecular complexity index is 942. The molecule has 0 fully saturated rings. The second kappa shape index (κ2) is 10.5. The molecule has 0 aliphatic carbocycles. The molecule has 8 nitrogen and oxygen atoms in total. The van der Waals surface area contributed by atoms with Crippen LogP contribution in [-0.4, -0.2) is 46.6 Å². The summed E-state index contributed by atoms with van der Waals surface area (Å²) in [5.74, 6) is -0.289. The molecule has 0 atom stereocenters. The molecule has 2 rings (SSSR count). The summed E-state index contributed by atoms with van der Waals surface area (Å²) in [7, 11) is -2.16. The molecule has 0 radical (unpaired) electrons. The summed E-state index contributed by atoms with van der Waals surface area (Å²) in [4.78, 5) is 23.6. The minimum absolute atomic E-state index is 0.0936. The summed E-state index contributed by atoms with van der Waals surface area (Å²) >= 11 is 0. The van der Waals surface area contributed by atoms with E-state index in [1.54, 1.807) is 43.3 Å². The zero-order valence-corrected chi connectivity index (χ0v) is 17.1. The van der Waals surface area contributed by atoms with Gasteiger partial charge in [0.15, 0.2) is 9.84 Å². The van der Waals surface area contributed by atoms with Crippen LogP contribution in [0, 0.1) is 0 Å². The Kier molecular flexibility index (Phi) is 8.02. The average molecular weight is 420 g/mol. The summed E-state index contributed by atoms with van der Waals surface area (Å²) in [6.07, 6.45) is -0.249. The molecular weight excluding hydrogens is 396 g/mol. The summed E-state index contributed by atoms with van der Waals surface area (Å²) in [5, 5.41) is 5.01. The van der Waals surface area contributed by atoms with Crippen LogP contribution in [0.1, 0.15) is 22.8 Å². The molecule has 9 heteroatoms. The zero-order valence-electron chi connectivity index (χ0n) is 16.3. The van der Waals surface area contributed by atoms with E-state index in [2.05, 4.69) is 15.4 Å². The van der Waals surface area contributed by atoms with E-state index in [1.165, 1.54) is 19.2 Å². The molecule has 29 heavy (non-hydrogen) atoms. The van der Waals surface area contributed by atoms with Crippen LogP contribution in [0.4, 0.5) is 4.79 Å². The van der Waals surface area contributed by atoms with Gasteiger partial charge in [-0.1, -0.05) is 24.3 Å². The molecule has 0 saturated heterocycles. The molecule has 2 amide bonds. The highest BCUT2D eigenvalue weighted by atomic mass is 32.2. The van der Waals surface area contributed by atoms with E-state index in [0.717, 1.165) is 5.56 Å². The van der Waals surface area contributed by atoms with Gasteiger partial charge in [-0.2, -0.15) is 0 Å². The van der Waals surface area contributed by atoms with Crippen molar-refractivity contribution in [3.05, 3.63) is 59.7 Å². The standard InChI is InChI=1S/C20H24N2O6S/c1-3-28-20(24)22-14-29(25,26)16-10-8-15(9-11-16)12-13-21-19(23)17-6-4-5-7-18(17)27-2/h4-11H,3,12-14H2,1-2H3,(H,21,23)(H,22,24). The minimum Gasteiger partial charge on any atom is -0.496 e. The number of para-hydroxylation sites is 1. The van der Waals surface area contributed by atoms with Crippen LogP contribution in [0.5, 0.6) is 5.75 Å². The molecule has 2 N–H and O–H groups in total. The van der Waals surface area contributed by atoms with E-state index in [4.69, 9.17) is 4.74 Å². The maximum atomic E-state index is 12.3. The lowest BCUT2D eigenvalue weighted by molar-refractivity contribution is 0.0951. The Morgan fingerprint density at radius 3 is 2.34 bits per heavy atom. The van der Waals surface area contributed by atoms with Crippen molar-refractivity contribution in [3.63, 3.8) is 0 Å². The van der Waals surface area contributed by atoms with Gasteiger partial charge in [0.2, 0.25) is 0 Å². The van der Waals surface area contributed by atoms with Crippen molar-refractivity contribution in [2.45, 2.75) is 18.2 Å². The van der Waals surface area contributed by atoms with Crippen molar-refractivity contribution in [2.24, 2.45) is 0 Å². The Hall–Kier alpha value is -3.07. The molecule has 2 aromatic rings. The number of nitrogens with one attached hydrogen (secondary N) is 2. The van der Waals surface area contributed by atoms with E-state index in [-0.39, 0.29) is 17.4 Å². The monoisotopic (exact) mass is 420 g/mol. The number of ether oxygens (including phenoxy) is 2. The average Bonchev–Trinajstić information content (AvgIpc) is 2.73. The number of sulfone groups is 1. The Morgan fingerprint density at radius 2 is 1.69 bits per heavy atom. The SMILES string of the molecule is CCOC(=O)NCS(=O)(=O)c1ccc(CCNC(=O)c2ccccc2OC)cc1. The summed E-state index contributed by atoms with van der Waals surface area (Å²) in [5.41, 5.74) is 1.31. The van der Waals surface area contributed by atoms with Crippen LogP contribution in [0.15, 0.2) is 53.4 Å². The maximum absolute atomic E-state index is 12.3. The molecular formula is C20H24N2O6S. The molecule has 0 spiro atoms. The largest absolute Gasteiger partial charge is 0.496 e. The third kappa shape index (κ3) is 6.49. The lowest BCUT2D eigenvalue weighted by atomic mass is 10.1. The number of rotatable bonds is 9. The van der Waals surface area contributed by atoms with Gasteiger partial charge in [0.1, 0.15) is 11.6 Å². The van der Waals surface area contributed by atoms with Gasteiger partial charge in [0.25, 0.3) is 5.91 Å². The van der Waals surface area contributed by atoms with Gasteiger partial charge in [-0.3, -0.25) is 4.79 Å². The van der Waals surface area contributed by atoms with Gasteiger partial charge in [-0.05, 0) is 43.2 Å². The molecule has 156 valence electrons. The highest BCUT2D eigenvalue weighted by Crippen LogP contribution is 2.17. The van der Waals surface area contributed by atoms with Crippen LogP contribution in [0.2, 0.25) is 0 Å². The number of hydrogen-bond donors (Lipinski definition) is 2. The number of alkyl carbamates (subject to hydrolysis) is 1. The van der Waals surface area contributed by atoms with E-state index in [0.29, 0.717) is 24.3 Å². The molecule has 0 bridgehead atoms. The first-order valence-electron chi connectivity index (χ1n) is 9.01. The van der Waals surface area contributed by atoms with Crippen molar-refractivity contribution >= 4 is 21.8 Å².